The summed E-state index contributed by atoms with van der Waals surface area (Å²) >= 11 is 0. The Balaban J connectivity index is 1.90. The van der Waals surface area contributed by atoms with Crippen molar-refractivity contribution < 1.29 is 5.11 Å². The number of pyridine rings is 1. The molecule has 3 aromatic rings. The highest BCUT2D eigenvalue weighted by atomic mass is 16.3. The molecular formula is C20H22N4O2. The van der Waals surface area contributed by atoms with Gasteiger partial charge < -0.3 is 16.2 Å². The maximum Gasteiger partial charge on any atom is 0.261 e. The number of aromatic nitrogens is 2. The molecule has 0 saturated carbocycles. The molecule has 0 amide bonds. The zero-order valence-corrected chi connectivity index (χ0v) is 14.8. The fourth-order valence-corrected chi connectivity index (χ4v) is 2.73. The average Bonchev–Trinajstić information content (AvgIpc) is 2.63. The van der Waals surface area contributed by atoms with E-state index >= 15 is 0 Å². The lowest BCUT2D eigenvalue weighted by atomic mass is 10.1. The third kappa shape index (κ3) is 3.39. The zero-order chi connectivity index (χ0) is 18.7. The molecule has 0 radical (unpaired) electrons. The van der Waals surface area contributed by atoms with Crippen LogP contribution in [0.5, 0.6) is 5.75 Å². The van der Waals surface area contributed by atoms with E-state index in [0.29, 0.717) is 23.4 Å². The monoisotopic (exact) mass is 350 g/mol. The molecule has 0 aliphatic rings. The van der Waals surface area contributed by atoms with Crippen molar-refractivity contribution in [1.82, 2.24) is 14.7 Å². The van der Waals surface area contributed by atoms with Crippen molar-refractivity contribution in [3.05, 3.63) is 82.0 Å². The number of nitrogens with one attached hydrogen (secondary N) is 1. The van der Waals surface area contributed by atoms with Crippen LogP contribution in [0.15, 0.2) is 59.8 Å². The number of benzene rings is 1. The van der Waals surface area contributed by atoms with Gasteiger partial charge in [0, 0.05) is 36.3 Å². The first-order valence-corrected chi connectivity index (χ1v) is 8.45. The summed E-state index contributed by atoms with van der Waals surface area (Å²) in [5, 5.41) is 13.6. The Bertz CT molecular complexity index is 1010. The third-order valence-corrected chi connectivity index (χ3v) is 4.22. The van der Waals surface area contributed by atoms with E-state index in [1.807, 2.05) is 44.2 Å². The van der Waals surface area contributed by atoms with E-state index in [0.717, 1.165) is 5.56 Å². The van der Waals surface area contributed by atoms with Crippen molar-refractivity contribution >= 4 is 11.3 Å². The molecule has 0 aliphatic carbocycles. The summed E-state index contributed by atoms with van der Waals surface area (Å²) in [6.07, 6.45) is 4.74. The number of nitrogens with zero attached hydrogens (tertiary/aromatic N) is 2. The van der Waals surface area contributed by atoms with Gasteiger partial charge in [-0.2, -0.15) is 0 Å². The lowest BCUT2D eigenvalue weighted by Crippen LogP contribution is -2.20. The summed E-state index contributed by atoms with van der Waals surface area (Å²) in [5.41, 5.74) is 8.61. The van der Waals surface area contributed by atoms with Gasteiger partial charge in [-0.05, 0) is 17.5 Å². The molecule has 134 valence electrons. The standard InChI is InChI=1S/C20H22N4O2/c1-13(2)16-11-23-19-18(25)15(8-9-24(19)20(16)26)17(21)12-22-10-14-6-4-3-5-7-14/h3-9,11-13,22,25H,10,21H2,1-2H3/b17-12-. The molecule has 2 heterocycles. The maximum atomic E-state index is 12.5. The van der Waals surface area contributed by atoms with E-state index in [1.54, 1.807) is 18.5 Å². The van der Waals surface area contributed by atoms with Gasteiger partial charge in [-0.3, -0.25) is 9.20 Å². The maximum absolute atomic E-state index is 12.5. The highest BCUT2D eigenvalue weighted by molar-refractivity contribution is 5.73. The Morgan fingerprint density at radius 3 is 2.73 bits per heavy atom. The zero-order valence-electron chi connectivity index (χ0n) is 14.8. The molecule has 0 aliphatic heterocycles. The summed E-state index contributed by atoms with van der Waals surface area (Å²) in [5.74, 6) is -0.0592. The second-order valence-corrected chi connectivity index (χ2v) is 6.41. The van der Waals surface area contributed by atoms with Gasteiger partial charge in [-0.25, -0.2) is 4.98 Å². The van der Waals surface area contributed by atoms with Gasteiger partial charge >= 0.3 is 0 Å². The van der Waals surface area contributed by atoms with E-state index in [-0.39, 0.29) is 22.9 Å². The average molecular weight is 350 g/mol. The summed E-state index contributed by atoms with van der Waals surface area (Å²) in [7, 11) is 0. The highest BCUT2D eigenvalue weighted by Crippen LogP contribution is 2.25. The number of hydrogen-bond donors (Lipinski definition) is 3. The number of fused-ring (bicyclic) bond motifs is 1. The molecule has 0 saturated heterocycles. The van der Waals surface area contributed by atoms with Crippen molar-refractivity contribution in [3.8, 4) is 5.75 Å². The van der Waals surface area contributed by atoms with Crippen LogP contribution in [-0.4, -0.2) is 14.5 Å². The van der Waals surface area contributed by atoms with Crippen LogP contribution in [0.1, 0.15) is 36.5 Å². The summed E-state index contributed by atoms with van der Waals surface area (Å²) < 4.78 is 1.35. The number of nitrogens with two attached hydrogens (primary N) is 1. The fraction of sp³-hybridized carbons (Fsp3) is 0.200. The lowest BCUT2D eigenvalue weighted by Gasteiger charge is -2.11. The SMILES string of the molecule is CC(C)c1cnc2c(O)c(/C(N)=C/NCc3ccccc3)ccn2c1=O. The Kier molecular flexibility index (Phi) is 4.93. The molecule has 0 unspecified atom stereocenters. The molecule has 0 spiro atoms. The van der Waals surface area contributed by atoms with E-state index in [9.17, 15) is 9.90 Å². The van der Waals surface area contributed by atoms with E-state index < -0.39 is 0 Å². The minimum atomic E-state index is -0.184. The Morgan fingerprint density at radius 2 is 2.04 bits per heavy atom. The van der Waals surface area contributed by atoms with Crippen LogP contribution in [-0.2, 0) is 6.54 Å². The topological polar surface area (TPSA) is 92.7 Å². The summed E-state index contributed by atoms with van der Waals surface area (Å²) in [6, 6.07) is 11.5. The second-order valence-electron chi connectivity index (χ2n) is 6.41. The molecule has 0 atom stereocenters. The molecule has 4 N–H and O–H groups in total. The number of rotatable bonds is 5. The fourth-order valence-electron chi connectivity index (χ4n) is 2.73. The van der Waals surface area contributed by atoms with Gasteiger partial charge in [0.15, 0.2) is 11.4 Å². The molecule has 6 heteroatoms. The van der Waals surface area contributed by atoms with Crippen molar-refractivity contribution in [2.75, 3.05) is 0 Å². The van der Waals surface area contributed by atoms with E-state index in [1.165, 1.54) is 10.6 Å². The van der Waals surface area contributed by atoms with Crippen LogP contribution < -0.4 is 16.6 Å². The first-order chi connectivity index (χ1) is 12.5. The van der Waals surface area contributed by atoms with Crippen molar-refractivity contribution in [2.45, 2.75) is 26.3 Å². The molecule has 26 heavy (non-hydrogen) atoms. The predicted octanol–water partition coefficient (Wildman–Crippen LogP) is 2.57. The smallest absolute Gasteiger partial charge is 0.261 e. The minimum absolute atomic E-state index is 0.0564. The molecule has 3 rings (SSSR count). The van der Waals surface area contributed by atoms with E-state index in [4.69, 9.17) is 5.73 Å². The van der Waals surface area contributed by atoms with Gasteiger partial charge in [0.25, 0.3) is 5.56 Å². The van der Waals surface area contributed by atoms with Crippen LogP contribution in [0.2, 0.25) is 0 Å². The van der Waals surface area contributed by atoms with Crippen LogP contribution in [0, 0.1) is 0 Å². The Morgan fingerprint density at radius 1 is 1.31 bits per heavy atom. The second kappa shape index (κ2) is 7.31. The highest BCUT2D eigenvalue weighted by Gasteiger charge is 2.14. The van der Waals surface area contributed by atoms with Crippen LogP contribution in [0.25, 0.3) is 11.3 Å². The van der Waals surface area contributed by atoms with Crippen LogP contribution >= 0.6 is 0 Å². The number of aromatic hydroxyl groups is 1. The van der Waals surface area contributed by atoms with Gasteiger partial charge in [-0.15, -0.1) is 0 Å². The van der Waals surface area contributed by atoms with Crippen LogP contribution in [0.4, 0.5) is 0 Å². The largest absolute Gasteiger partial charge is 0.504 e. The molecule has 0 fully saturated rings. The minimum Gasteiger partial charge on any atom is -0.504 e. The van der Waals surface area contributed by atoms with Gasteiger partial charge in [0.2, 0.25) is 0 Å². The summed E-state index contributed by atoms with van der Waals surface area (Å²) in [4.78, 5) is 16.7. The quantitative estimate of drug-likeness (QED) is 0.658. The molecule has 6 nitrogen and oxygen atoms in total. The molecule has 2 aromatic heterocycles. The van der Waals surface area contributed by atoms with Crippen molar-refractivity contribution in [1.29, 1.82) is 0 Å². The van der Waals surface area contributed by atoms with Crippen molar-refractivity contribution in [3.63, 3.8) is 0 Å². The molecule has 0 bridgehead atoms. The van der Waals surface area contributed by atoms with Gasteiger partial charge in [-0.1, -0.05) is 44.2 Å². The summed E-state index contributed by atoms with van der Waals surface area (Å²) in [6.45, 7) is 4.47. The third-order valence-electron chi connectivity index (χ3n) is 4.22. The first-order valence-electron chi connectivity index (χ1n) is 8.45. The predicted molar refractivity (Wildman–Crippen MR) is 103 cm³/mol. The van der Waals surface area contributed by atoms with Gasteiger partial charge in [0.1, 0.15) is 0 Å². The van der Waals surface area contributed by atoms with Crippen molar-refractivity contribution in [2.24, 2.45) is 5.73 Å². The lowest BCUT2D eigenvalue weighted by molar-refractivity contribution is 0.474. The first kappa shape index (κ1) is 17.5. The Hall–Kier alpha value is -3.28. The van der Waals surface area contributed by atoms with Crippen LogP contribution in [0.3, 0.4) is 0 Å². The Labute approximate surface area is 151 Å². The van der Waals surface area contributed by atoms with E-state index in [2.05, 4.69) is 10.3 Å². The molecular weight excluding hydrogens is 328 g/mol. The van der Waals surface area contributed by atoms with Gasteiger partial charge in [0.05, 0.1) is 5.70 Å². The molecule has 1 aromatic carbocycles. The normalized spacial score (nSPS) is 11.9. The number of hydrogen-bond acceptors (Lipinski definition) is 5.